The molecular formula is C18H11F3O3. The zero-order chi connectivity index (χ0) is 17.3. The van der Waals surface area contributed by atoms with E-state index in [-0.39, 0.29) is 11.3 Å². The number of hydrogen-bond donors (Lipinski definition) is 1. The molecule has 0 saturated carbocycles. The molecule has 0 fully saturated rings. The zero-order valence-electron chi connectivity index (χ0n) is 12.2. The molecule has 0 aliphatic rings. The third kappa shape index (κ3) is 3.32. The molecule has 0 amide bonds. The molecular weight excluding hydrogens is 321 g/mol. The van der Waals surface area contributed by atoms with E-state index in [0.29, 0.717) is 16.5 Å². The maximum Gasteiger partial charge on any atom is 0.573 e. The number of para-hydroxylation sites is 1. The fraction of sp³-hybridized carbons (Fsp3) is 0.0556. The van der Waals surface area contributed by atoms with Crippen LogP contribution >= 0.6 is 0 Å². The number of benzene rings is 3. The molecule has 6 heteroatoms. The van der Waals surface area contributed by atoms with Gasteiger partial charge in [-0.05, 0) is 40.6 Å². The molecule has 0 spiro atoms. The number of halogens is 3. The Morgan fingerprint density at radius 3 is 2.29 bits per heavy atom. The lowest BCUT2D eigenvalue weighted by Gasteiger charge is -2.13. The molecule has 0 aliphatic heterocycles. The summed E-state index contributed by atoms with van der Waals surface area (Å²) in [5.41, 5.74) is 1.00. The average molecular weight is 332 g/mol. The molecule has 0 atom stereocenters. The number of alkyl halides is 3. The molecule has 3 aromatic rings. The van der Waals surface area contributed by atoms with Gasteiger partial charge in [-0.1, -0.05) is 36.4 Å². The number of aromatic carboxylic acids is 1. The summed E-state index contributed by atoms with van der Waals surface area (Å²) in [7, 11) is 0. The molecule has 0 aromatic heterocycles. The van der Waals surface area contributed by atoms with Gasteiger partial charge < -0.3 is 9.84 Å². The van der Waals surface area contributed by atoms with Crippen LogP contribution in [-0.4, -0.2) is 17.4 Å². The van der Waals surface area contributed by atoms with Crippen LogP contribution in [0.15, 0.2) is 60.7 Å². The summed E-state index contributed by atoms with van der Waals surface area (Å²) in [6, 6.07) is 15.4. The van der Waals surface area contributed by atoms with E-state index in [4.69, 9.17) is 5.11 Å². The van der Waals surface area contributed by atoms with Crippen molar-refractivity contribution >= 4 is 16.7 Å². The minimum Gasteiger partial charge on any atom is -0.478 e. The monoisotopic (exact) mass is 332 g/mol. The number of carbonyl (C=O) groups is 1. The van der Waals surface area contributed by atoms with Crippen molar-refractivity contribution in [3.8, 4) is 16.9 Å². The molecule has 0 unspecified atom stereocenters. The number of ether oxygens (including phenoxy) is 1. The van der Waals surface area contributed by atoms with E-state index in [2.05, 4.69) is 4.74 Å². The van der Waals surface area contributed by atoms with E-state index < -0.39 is 12.3 Å². The van der Waals surface area contributed by atoms with Gasteiger partial charge >= 0.3 is 12.3 Å². The van der Waals surface area contributed by atoms with Gasteiger partial charge in [0.05, 0.1) is 5.56 Å². The van der Waals surface area contributed by atoms with Crippen LogP contribution in [0, 0.1) is 0 Å². The lowest BCUT2D eigenvalue weighted by molar-refractivity contribution is -0.274. The van der Waals surface area contributed by atoms with Gasteiger partial charge in [-0.25, -0.2) is 4.79 Å². The second-order valence-corrected chi connectivity index (χ2v) is 5.13. The normalized spacial score (nSPS) is 11.5. The minimum absolute atomic E-state index is 0.149. The van der Waals surface area contributed by atoms with E-state index in [9.17, 15) is 18.0 Å². The van der Waals surface area contributed by atoms with Gasteiger partial charge in [-0.3, -0.25) is 0 Å². The van der Waals surface area contributed by atoms with Crippen molar-refractivity contribution in [2.45, 2.75) is 6.36 Å². The Kier molecular flexibility index (Phi) is 3.89. The number of carboxylic acid groups (broad SMARTS) is 1. The molecule has 0 bridgehead atoms. The first-order chi connectivity index (χ1) is 11.3. The fourth-order valence-corrected chi connectivity index (χ4v) is 2.47. The van der Waals surface area contributed by atoms with E-state index in [1.807, 2.05) is 0 Å². The molecule has 122 valence electrons. The summed E-state index contributed by atoms with van der Waals surface area (Å²) < 4.78 is 41.7. The Bertz CT molecular complexity index is 917. The van der Waals surface area contributed by atoms with Gasteiger partial charge in [0.15, 0.2) is 0 Å². The van der Waals surface area contributed by atoms with Crippen molar-refractivity contribution in [2.24, 2.45) is 0 Å². The SMILES string of the molecule is O=C(O)c1ccc2cc(-c3ccccc3OC(F)(F)F)ccc2c1. The average Bonchev–Trinajstić information content (AvgIpc) is 2.53. The van der Waals surface area contributed by atoms with Gasteiger partial charge in [-0.2, -0.15) is 0 Å². The molecule has 3 rings (SSSR count). The van der Waals surface area contributed by atoms with Crippen LogP contribution in [0.1, 0.15) is 10.4 Å². The Morgan fingerprint density at radius 1 is 0.917 bits per heavy atom. The van der Waals surface area contributed by atoms with E-state index in [0.717, 1.165) is 5.39 Å². The van der Waals surface area contributed by atoms with E-state index in [1.54, 1.807) is 30.3 Å². The van der Waals surface area contributed by atoms with Crippen LogP contribution in [-0.2, 0) is 0 Å². The summed E-state index contributed by atoms with van der Waals surface area (Å²) in [6.07, 6.45) is -4.77. The van der Waals surface area contributed by atoms with Crippen molar-refractivity contribution in [1.29, 1.82) is 0 Å². The second-order valence-electron chi connectivity index (χ2n) is 5.13. The number of fused-ring (bicyclic) bond motifs is 1. The van der Waals surface area contributed by atoms with E-state index >= 15 is 0 Å². The standard InChI is InChI=1S/C18H11F3O3/c19-18(20,21)24-16-4-2-1-3-15(16)13-7-5-12-10-14(17(22)23)8-6-11(12)9-13/h1-10H,(H,22,23). The quantitative estimate of drug-likeness (QED) is 0.725. The van der Waals surface area contributed by atoms with Crippen molar-refractivity contribution in [1.82, 2.24) is 0 Å². The smallest absolute Gasteiger partial charge is 0.478 e. The highest BCUT2D eigenvalue weighted by molar-refractivity contribution is 5.96. The van der Waals surface area contributed by atoms with Crippen molar-refractivity contribution < 1.29 is 27.8 Å². The molecule has 3 aromatic carbocycles. The molecule has 3 nitrogen and oxygen atoms in total. The molecule has 0 radical (unpaired) electrons. The summed E-state index contributed by atoms with van der Waals surface area (Å²) >= 11 is 0. The first kappa shape index (κ1) is 15.9. The van der Waals surface area contributed by atoms with Crippen LogP contribution in [0.2, 0.25) is 0 Å². The fourth-order valence-electron chi connectivity index (χ4n) is 2.47. The highest BCUT2D eigenvalue weighted by atomic mass is 19.4. The van der Waals surface area contributed by atoms with Gasteiger partial charge in [0.1, 0.15) is 5.75 Å². The van der Waals surface area contributed by atoms with Crippen LogP contribution in [0.25, 0.3) is 21.9 Å². The largest absolute Gasteiger partial charge is 0.573 e. The van der Waals surface area contributed by atoms with E-state index in [1.165, 1.54) is 30.3 Å². The minimum atomic E-state index is -4.77. The summed E-state index contributed by atoms with van der Waals surface area (Å²) in [5, 5.41) is 10.4. The Hall–Kier alpha value is -3.02. The van der Waals surface area contributed by atoms with Crippen LogP contribution in [0.4, 0.5) is 13.2 Å². The molecule has 1 N–H and O–H groups in total. The van der Waals surface area contributed by atoms with Gasteiger partial charge in [0.2, 0.25) is 0 Å². The van der Waals surface area contributed by atoms with Crippen molar-refractivity contribution in [3.63, 3.8) is 0 Å². The summed E-state index contributed by atoms with van der Waals surface area (Å²) in [5.74, 6) is -1.32. The number of carboxylic acids is 1. The molecule has 24 heavy (non-hydrogen) atoms. The maximum atomic E-state index is 12.5. The summed E-state index contributed by atoms with van der Waals surface area (Å²) in [4.78, 5) is 11.0. The zero-order valence-corrected chi connectivity index (χ0v) is 12.2. The molecule has 0 aliphatic carbocycles. The number of hydrogen-bond acceptors (Lipinski definition) is 2. The predicted molar refractivity (Wildman–Crippen MR) is 83.0 cm³/mol. The van der Waals surface area contributed by atoms with Gasteiger partial charge in [0.25, 0.3) is 0 Å². The number of rotatable bonds is 3. The topological polar surface area (TPSA) is 46.5 Å². The molecule has 0 heterocycles. The first-order valence-electron chi connectivity index (χ1n) is 6.96. The van der Waals surface area contributed by atoms with Crippen LogP contribution < -0.4 is 4.74 Å². The Labute approximate surface area is 134 Å². The van der Waals surface area contributed by atoms with Crippen LogP contribution in [0.5, 0.6) is 5.75 Å². The van der Waals surface area contributed by atoms with Crippen molar-refractivity contribution in [2.75, 3.05) is 0 Å². The maximum absolute atomic E-state index is 12.5. The summed E-state index contributed by atoms with van der Waals surface area (Å²) in [6.45, 7) is 0. The first-order valence-corrected chi connectivity index (χ1v) is 6.96. The van der Waals surface area contributed by atoms with Crippen molar-refractivity contribution in [3.05, 3.63) is 66.2 Å². The predicted octanol–water partition coefficient (Wildman–Crippen LogP) is 5.10. The second kappa shape index (κ2) is 5.88. The third-order valence-electron chi connectivity index (χ3n) is 3.51. The highest BCUT2D eigenvalue weighted by Crippen LogP contribution is 2.35. The lowest BCUT2D eigenvalue weighted by Crippen LogP contribution is -2.17. The Balaban J connectivity index is 2.07. The third-order valence-corrected chi connectivity index (χ3v) is 3.51. The van der Waals surface area contributed by atoms with Gasteiger partial charge in [0, 0.05) is 5.56 Å². The molecule has 0 saturated heterocycles. The van der Waals surface area contributed by atoms with Gasteiger partial charge in [-0.15, -0.1) is 13.2 Å². The highest BCUT2D eigenvalue weighted by Gasteiger charge is 2.32. The van der Waals surface area contributed by atoms with Crippen LogP contribution in [0.3, 0.4) is 0 Å². The Morgan fingerprint density at radius 2 is 1.58 bits per heavy atom. The lowest BCUT2D eigenvalue weighted by atomic mass is 9.99.